The van der Waals surface area contributed by atoms with Crippen molar-refractivity contribution in [2.75, 3.05) is 14.2 Å². The molecule has 2 rings (SSSR count). The number of rotatable bonds is 6. The Kier molecular flexibility index (Phi) is 4.98. The van der Waals surface area contributed by atoms with E-state index in [4.69, 9.17) is 18.7 Å². The number of carbonyl (C=O) groups excluding carboxylic acids is 1. The lowest BCUT2D eigenvalue weighted by Crippen LogP contribution is -2.11. The number of aromatic nitrogens is 2. The van der Waals surface area contributed by atoms with E-state index in [1.54, 1.807) is 46.3 Å². The molecule has 7 heteroatoms. The molecule has 0 atom stereocenters. The Balaban J connectivity index is 2.16. The molecule has 0 aliphatic heterocycles. The largest absolute Gasteiger partial charge is 0.497 e. The second-order valence-electron chi connectivity index (χ2n) is 4.84. The van der Waals surface area contributed by atoms with Gasteiger partial charge in [0.05, 0.1) is 25.7 Å². The molecule has 118 valence electrons. The summed E-state index contributed by atoms with van der Waals surface area (Å²) in [5, 5.41) is 3.88. The van der Waals surface area contributed by atoms with Crippen molar-refractivity contribution in [2.45, 2.75) is 20.5 Å². The van der Waals surface area contributed by atoms with Gasteiger partial charge in [0.1, 0.15) is 11.5 Å². The van der Waals surface area contributed by atoms with E-state index in [1.165, 1.54) is 0 Å². The fraction of sp³-hybridized carbons (Fsp3) is 0.400. The monoisotopic (exact) mass is 306 g/mol. The second-order valence-corrected chi connectivity index (χ2v) is 4.84. The fourth-order valence-electron chi connectivity index (χ4n) is 1.71. The summed E-state index contributed by atoms with van der Waals surface area (Å²) < 4.78 is 20.6. The molecule has 7 nitrogen and oxygen atoms in total. The van der Waals surface area contributed by atoms with Gasteiger partial charge in [0.2, 0.25) is 5.82 Å². The summed E-state index contributed by atoms with van der Waals surface area (Å²) in [6.07, 6.45) is 0. The van der Waals surface area contributed by atoms with Crippen molar-refractivity contribution in [3.8, 4) is 22.9 Å². The van der Waals surface area contributed by atoms with Crippen LogP contribution in [-0.2, 0) is 16.1 Å². The highest BCUT2D eigenvalue weighted by molar-refractivity contribution is 5.71. The number of esters is 1. The minimum atomic E-state index is -0.318. The van der Waals surface area contributed by atoms with Crippen molar-refractivity contribution in [3.63, 3.8) is 0 Å². The van der Waals surface area contributed by atoms with Crippen molar-refractivity contribution >= 4 is 5.97 Å². The minimum absolute atomic E-state index is 0.0531. The number of nitrogens with zero attached hydrogens (tertiary/aromatic N) is 2. The zero-order valence-electron chi connectivity index (χ0n) is 13.0. The SMILES string of the molecule is COc1ccc(-c2noc(COC(=O)C(C)C)n2)c(OC)c1. The number of methoxy groups -OCH3 is 2. The van der Waals surface area contributed by atoms with Gasteiger partial charge in [0.25, 0.3) is 5.89 Å². The number of ether oxygens (including phenoxy) is 3. The molecule has 1 aromatic heterocycles. The zero-order valence-corrected chi connectivity index (χ0v) is 13.0. The molecule has 0 saturated heterocycles. The third-order valence-corrected chi connectivity index (χ3v) is 2.93. The summed E-state index contributed by atoms with van der Waals surface area (Å²) in [5.74, 6) is 1.28. The molecule has 0 saturated carbocycles. The van der Waals surface area contributed by atoms with Crippen molar-refractivity contribution < 1.29 is 23.5 Å². The first-order chi connectivity index (χ1) is 10.5. The third kappa shape index (κ3) is 3.55. The van der Waals surface area contributed by atoms with Crippen molar-refractivity contribution in [1.29, 1.82) is 0 Å². The lowest BCUT2D eigenvalue weighted by atomic mass is 10.2. The predicted molar refractivity (Wildman–Crippen MR) is 77.5 cm³/mol. The number of hydrogen-bond donors (Lipinski definition) is 0. The molecule has 0 aliphatic rings. The number of hydrogen-bond acceptors (Lipinski definition) is 7. The van der Waals surface area contributed by atoms with E-state index < -0.39 is 0 Å². The molecule has 0 fully saturated rings. The van der Waals surface area contributed by atoms with Crippen molar-refractivity contribution in [1.82, 2.24) is 10.1 Å². The molecule has 0 amide bonds. The van der Waals surface area contributed by atoms with Crippen LogP contribution in [0.2, 0.25) is 0 Å². The lowest BCUT2D eigenvalue weighted by molar-refractivity contribution is -0.149. The van der Waals surface area contributed by atoms with Gasteiger partial charge in [-0.05, 0) is 12.1 Å². The van der Waals surface area contributed by atoms with Crippen LogP contribution in [0.25, 0.3) is 11.4 Å². The molecule has 22 heavy (non-hydrogen) atoms. The van der Waals surface area contributed by atoms with Crippen LogP contribution in [0.3, 0.4) is 0 Å². The Bertz CT molecular complexity index is 651. The van der Waals surface area contributed by atoms with Gasteiger partial charge in [-0.3, -0.25) is 4.79 Å². The van der Waals surface area contributed by atoms with E-state index in [0.717, 1.165) is 0 Å². The van der Waals surface area contributed by atoms with Crippen LogP contribution >= 0.6 is 0 Å². The van der Waals surface area contributed by atoms with E-state index in [0.29, 0.717) is 22.9 Å². The topological polar surface area (TPSA) is 83.7 Å². The molecule has 1 heterocycles. The second kappa shape index (κ2) is 6.93. The minimum Gasteiger partial charge on any atom is -0.497 e. The Morgan fingerprint density at radius 3 is 2.68 bits per heavy atom. The summed E-state index contributed by atoms with van der Waals surface area (Å²) in [7, 11) is 3.12. The fourth-order valence-corrected chi connectivity index (χ4v) is 1.71. The lowest BCUT2D eigenvalue weighted by Gasteiger charge is -2.07. The van der Waals surface area contributed by atoms with Gasteiger partial charge in [-0.25, -0.2) is 0 Å². The zero-order chi connectivity index (χ0) is 16.1. The van der Waals surface area contributed by atoms with Gasteiger partial charge in [-0.2, -0.15) is 4.98 Å². The summed E-state index contributed by atoms with van der Waals surface area (Å²) in [6.45, 7) is 3.45. The van der Waals surface area contributed by atoms with E-state index in [1.807, 2.05) is 0 Å². The van der Waals surface area contributed by atoms with E-state index in [-0.39, 0.29) is 24.4 Å². The molecule has 0 spiro atoms. The Labute approximate surface area is 128 Å². The molecular weight excluding hydrogens is 288 g/mol. The molecular formula is C15H18N2O5. The first-order valence-corrected chi connectivity index (χ1v) is 6.76. The summed E-state index contributed by atoms with van der Waals surface area (Å²) in [4.78, 5) is 15.6. The highest BCUT2D eigenvalue weighted by atomic mass is 16.6. The van der Waals surface area contributed by atoms with Crippen LogP contribution in [0, 0.1) is 5.92 Å². The van der Waals surface area contributed by atoms with E-state index in [2.05, 4.69) is 10.1 Å². The Morgan fingerprint density at radius 1 is 1.27 bits per heavy atom. The first kappa shape index (κ1) is 15.8. The molecule has 1 aromatic carbocycles. The van der Waals surface area contributed by atoms with Crippen molar-refractivity contribution in [3.05, 3.63) is 24.1 Å². The Hall–Kier alpha value is -2.57. The van der Waals surface area contributed by atoms with Gasteiger partial charge in [-0.15, -0.1) is 0 Å². The van der Waals surface area contributed by atoms with Crippen LogP contribution in [0.15, 0.2) is 22.7 Å². The highest BCUT2D eigenvalue weighted by Gasteiger charge is 2.16. The summed E-state index contributed by atoms with van der Waals surface area (Å²) in [5.41, 5.74) is 0.661. The average molecular weight is 306 g/mol. The normalized spacial score (nSPS) is 10.6. The van der Waals surface area contributed by atoms with Crippen LogP contribution in [0.1, 0.15) is 19.7 Å². The van der Waals surface area contributed by atoms with Gasteiger partial charge >= 0.3 is 5.97 Å². The van der Waals surface area contributed by atoms with Gasteiger partial charge < -0.3 is 18.7 Å². The van der Waals surface area contributed by atoms with Crippen LogP contribution in [0.5, 0.6) is 11.5 Å². The molecule has 0 radical (unpaired) electrons. The molecule has 0 aliphatic carbocycles. The van der Waals surface area contributed by atoms with Crippen LogP contribution < -0.4 is 9.47 Å². The van der Waals surface area contributed by atoms with Crippen LogP contribution in [-0.4, -0.2) is 30.3 Å². The van der Waals surface area contributed by atoms with Gasteiger partial charge in [-0.1, -0.05) is 19.0 Å². The maximum Gasteiger partial charge on any atom is 0.308 e. The summed E-state index contributed by atoms with van der Waals surface area (Å²) >= 11 is 0. The van der Waals surface area contributed by atoms with Gasteiger partial charge in [0, 0.05) is 6.07 Å². The third-order valence-electron chi connectivity index (χ3n) is 2.93. The smallest absolute Gasteiger partial charge is 0.308 e. The maximum absolute atomic E-state index is 11.4. The molecule has 0 bridgehead atoms. The van der Waals surface area contributed by atoms with E-state index in [9.17, 15) is 4.79 Å². The standard InChI is InChI=1S/C15H18N2O5/c1-9(2)15(18)21-8-13-16-14(17-22-13)11-6-5-10(19-3)7-12(11)20-4/h5-7,9H,8H2,1-4H3. The Morgan fingerprint density at radius 2 is 2.05 bits per heavy atom. The number of benzene rings is 1. The predicted octanol–water partition coefficient (Wildman–Crippen LogP) is 2.45. The first-order valence-electron chi connectivity index (χ1n) is 6.76. The summed E-state index contributed by atoms with van der Waals surface area (Å²) in [6, 6.07) is 5.27. The average Bonchev–Trinajstić information content (AvgIpc) is 3.00. The molecule has 0 unspecified atom stereocenters. The molecule has 0 N–H and O–H groups in total. The molecule has 2 aromatic rings. The van der Waals surface area contributed by atoms with Gasteiger partial charge in [0.15, 0.2) is 6.61 Å². The van der Waals surface area contributed by atoms with E-state index >= 15 is 0 Å². The van der Waals surface area contributed by atoms with Crippen LogP contribution in [0.4, 0.5) is 0 Å². The highest BCUT2D eigenvalue weighted by Crippen LogP contribution is 2.31. The van der Waals surface area contributed by atoms with Crippen molar-refractivity contribution in [2.24, 2.45) is 5.92 Å². The number of carbonyl (C=O) groups is 1. The quantitative estimate of drug-likeness (QED) is 0.758. The maximum atomic E-state index is 11.4.